The van der Waals surface area contributed by atoms with Crippen molar-refractivity contribution in [3.8, 4) is 6.07 Å². The van der Waals surface area contributed by atoms with E-state index in [1.54, 1.807) is 0 Å². The zero-order valence-corrected chi connectivity index (χ0v) is 10.9. The average molecular weight is 285 g/mol. The van der Waals surface area contributed by atoms with Crippen LogP contribution in [0.25, 0.3) is 0 Å². The van der Waals surface area contributed by atoms with Gasteiger partial charge in [0, 0.05) is 6.42 Å². The van der Waals surface area contributed by atoms with Crippen molar-refractivity contribution in [1.29, 1.82) is 5.26 Å². The number of nitriles is 1. The van der Waals surface area contributed by atoms with E-state index >= 15 is 0 Å². The zero-order chi connectivity index (χ0) is 13.8. The quantitative estimate of drug-likeness (QED) is 0.831. The second kappa shape index (κ2) is 6.13. The van der Waals surface area contributed by atoms with Crippen LogP contribution in [0.2, 0.25) is 5.28 Å². The highest BCUT2D eigenvalue weighted by atomic mass is 35.5. The second-order valence-electron chi connectivity index (χ2n) is 4.70. The molecule has 102 valence electrons. The fourth-order valence-electron chi connectivity index (χ4n) is 2.33. The highest BCUT2D eigenvalue weighted by Gasteiger charge is 2.29. The lowest BCUT2D eigenvalue weighted by Gasteiger charge is -2.33. The molecule has 2 N–H and O–H groups in total. The monoisotopic (exact) mass is 284 g/mol. The third kappa shape index (κ3) is 3.52. The number of aliphatic hydroxyl groups excluding tert-OH is 1. The summed E-state index contributed by atoms with van der Waals surface area (Å²) in [6.07, 6.45) is 2.85. The number of hydrogen-bond acceptors (Lipinski definition) is 5. The van der Waals surface area contributed by atoms with E-state index in [-0.39, 0.29) is 23.1 Å². The third-order valence-corrected chi connectivity index (χ3v) is 3.52. The molecule has 1 aliphatic carbocycles. The normalized spacial score (nSPS) is 26.7. The van der Waals surface area contributed by atoms with Gasteiger partial charge in [0.1, 0.15) is 0 Å². The molecule has 0 saturated heterocycles. The minimum absolute atomic E-state index is 0.0124. The van der Waals surface area contributed by atoms with Crippen LogP contribution in [0, 0.1) is 23.1 Å². The topological polar surface area (TPSA) is 81.8 Å². The van der Waals surface area contributed by atoms with E-state index in [0.717, 1.165) is 12.6 Å². The van der Waals surface area contributed by atoms with Gasteiger partial charge in [0.05, 0.1) is 24.4 Å². The number of nitrogens with zero attached hydrogens (tertiary/aromatic N) is 3. The highest BCUT2D eigenvalue weighted by Crippen LogP contribution is 2.29. The van der Waals surface area contributed by atoms with Gasteiger partial charge in [-0.3, -0.25) is 0 Å². The van der Waals surface area contributed by atoms with Crippen molar-refractivity contribution in [2.45, 2.75) is 37.8 Å². The first-order valence-electron chi connectivity index (χ1n) is 6.09. The molecule has 5 nitrogen and oxygen atoms in total. The maximum absolute atomic E-state index is 13.5. The van der Waals surface area contributed by atoms with Gasteiger partial charge in [-0.25, -0.2) is 9.37 Å². The van der Waals surface area contributed by atoms with Crippen molar-refractivity contribution in [2.24, 2.45) is 5.92 Å². The Bertz CT molecular complexity index is 493. The molecule has 0 aromatic carbocycles. The number of hydrogen-bond donors (Lipinski definition) is 2. The van der Waals surface area contributed by atoms with Gasteiger partial charge in [-0.15, -0.1) is 0 Å². The minimum atomic E-state index is -0.612. The summed E-state index contributed by atoms with van der Waals surface area (Å²) in [5, 5.41) is 21.4. The fourth-order valence-corrected chi connectivity index (χ4v) is 2.47. The molecule has 3 atom stereocenters. The zero-order valence-electron chi connectivity index (χ0n) is 10.2. The molecule has 1 saturated carbocycles. The van der Waals surface area contributed by atoms with Crippen LogP contribution in [0.3, 0.4) is 0 Å². The summed E-state index contributed by atoms with van der Waals surface area (Å²) in [4.78, 5) is 7.29. The molecule has 0 bridgehead atoms. The number of halogens is 2. The van der Waals surface area contributed by atoms with Crippen LogP contribution in [0.4, 0.5) is 10.2 Å². The molecule has 1 unspecified atom stereocenters. The van der Waals surface area contributed by atoms with E-state index in [9.17, 15) is 9.50 Å². The Balaban J connectivity index is 2.08. The molecule has 0 spiro atoms. The Labute approximate surface area is 115 Å². The van der Waals surface area contributed by atoms with Gasteiger partial charge in [0.2, 0.25) is 5.28 Å². The van der Waals surface area contributed by atoms with E-state index in [1.807, 2.05) is 0 Å². The van der Waals surface area contributed by atoms with Gasteiger partial charge in [0.25, 0.3) is 0 Å². The lowest BCUT2D eigenvalue weighted by Crippen LogP contribution is -2.40. The first-order valence-corrected chi connectivity index (χ1v) is 6.47. The van der Waals surface area contributed by atoms with Crippen LogP contribution in [0.5, 0.6) is 0 Å². The molecule has 1 aromatic heterocycles. The summed E-state index contributed by atoms with van der Waals surface area (Å²) in [6.45, 7) is 0. The Morgan fingerprint density at radius 2 is 2.37 bits per heavy atom. The molecule has 2 rings (SSSR count). The predicted molar refractivity (Wildman–Crippen MR) is 68.0 cm³/mol. The minimum Gasteiger partial charge on any atom is -0.391 e. The average Bonchev–Trinajstić information content (AvgIpc) is 2.38. The number of nitrogens with one attached hydrogen (secondary N) is 1. The molecule has 1 heterocycles. The van der Waals surface area contributed by atoms with Gasteiger partial charge in [0.15, 0.2) is 11.6 Å². The number of aliphatic hydroxyl groups is 1. The van der Waals surface area contributed by atoms with Crippen molar-refractivity contribution >= 4 is 17.4 Å². The van der Waals surface area contributed by atoms with Crippen molar-refractivity contribution in [3.05, 3.63) is 17.3 Å². The van der Waals surface area contributed by atoms with E-state index < -0.39 is 11.9 Å². The smallest absolute Gasteiger partial charge is 0.224 e. The van der Waals surface area contributed by atoms with E-state index in [4.69, 9.17) is 16.9 Å². The van der Waals surface area contributed by atoms with E-state index in [2.05, 4.69) is 21.4 Å². The largest absolute Gasteiger partial charge is 0.391 e. The van der Waals surface area contributed by atoms with Gasteiger partial charge < -0.3 is 10.4 Å². The first-order chi connectivity index (χ1) is 9.10. The van der Waals surface area contributed by atoms with Crippen LogP contribution in [0.15, 0.2) is 6.20 Å². The molecule has 0 amide bonds. The van der Waals surface area contributed by atoms with Crippen molar-refractivity contribution in [3.63, 3.8) is 0 Å². The summed E-state index contributed by atoms with van der Waals surface area (Å²) in [5.74, 6) is -0.410. The molecular formula is C12H14ClFN4O. The van der Waals surface area contributed by atoms with Gasteiger partial charge in [-0.05, 0) is 36.8 Å². The van der Waals surface area contributed by atoms with E-state index in [1.165, 1.54) is 0 Å². The fraction of sp³-hybridized carbons (Fsp3) is 0.583. The second-order valence-corrected chi connectivity index (χ2v) is 5.03. The Morgan fingerprint density at radius 1 is 1.58 bits per heavy atom. The van der Waals surface area contributed by atoms with Gasteiger partial charge >= 0.3 is 0 Å². The molecule has 19 heavy (non-hydrogen) atoms. The van der Waals surface area contributed by atoms with Crippen LogP contribution < -0.4 is 5.32 Å². The van der Waals surface area contributed by atoms with Crippen molar-refractivity contribution in [1.82, 2.24) is 9.97 Å². The lowest BCUT2D eigenvalue weighted by atomic mass is 9.82. The summed E-state index contributed by atoms with van der Waals surface area (Å²) >= 11 is 5.61. The lowest BCUT2D eigenvalue weighted by molar-refractivity contribution is 0.0953. The summed E-state index contributed by atoms with van der Waals surface area (Å²) < 4.78 is 13.5. The Hall–Kier alpha value is -1.45. The van der Waals surface area contributed by atoms with Crippen molar-refractivity contribution < 1.29 is 9.50 Å². The molecule has 7 heteroatoms. The summed E-state index contributed by atoms with van der Waals surface area (Å²) in [6, 6.07) is 1.80. The van der Waals surface area contributed by atoms with Crippen molar-refractivity contribution in [2.75, 3.05) is 5.32 Å². The van der Waals surface area contributed by atoms with Crippen LogP contribution in [0.1, 0.15) is 25.7 Å². The predicted octanol–water partition coefficient (Wildman–Crippen LogP) is 2.12. The maximum atomic E-state index is 13.5. The van der Waals surface area contributed by atoms with Gasteiger partial charge in [-0.2, -0.15) is 10.2 Å². The van der Waals surface area contributed by atoms with Crippen LogP contribution in [-0.2, 0) is 0 Å². The molecule has 1 fully saturated rings. The highest BCUT2D eigenvalue weighted by molar-refractivity contribution is 6.28. The molecule has 0 aliphatic heterocycles. The molecule has 0 radical (unpaired) electrons. The Morgan fingerprint density at radius 3 is 3.11 bits per heavy atom. The number of rotatable bonds is 3. The standard InChI is InChI=1S/C12H14ClFN4O/c13-12-16-6-8(14)11(18-12)17-9-5-7(3-4-15)1-2-10(9)19/h6-7,9-10,19H,1-3,5H2,(H,16,17,18)/t7-,9+,10?/m1/s1. The first kappa shape index (κ1) is 14.0. The Kier molecular flexibility index (Phi) is 4.51. The summed E-state index contributed by atoms with van der Waals surface area (Å²) in [5.41, 5.74) is 0. The van der Waals surface area contributed by atoms with Crippen LogP contribution >= 0.6 is 11.6 Å². The number of aromatic nitrogens is 2. The van der Waals surface area contributed by atoms with E-state index in [0.29, 0.717) is 19.3 Å². The van der Waals surface area contributed by atoms with Crippen LogP contribution in [-0.4, -0.2) is 27.2 Å². The summed E-state index contributed by atoms with van der Waals surface area (Å²) in [7, 11) is 0. The SMILES string of the molecule is N#CC[C@H]1CCC(O)[C@@H](Nc2nc(Cl)ncc2F)C1. The molecule has 1 aromatic rings. The molecular weight excluding hydrogens is 271 g/mol. The third-order valence-electron chi connectivity index (χ3n) is 3.34. The maximum Gasteiger partial charge on any atom is 0.224 e. The van der Waals surface area contributed by atoms with Gasteiger partial charge in [-0.1, -0.05) is 0 Å². The number of anilines is 1. The molecule has 1 aliphatic rings.